The van der Waals surface area contributed by atoms with Gasteiger partial charge < -0.3 is 5.32 Å². The van der Waals surface area contributed by atoms with Crippen molar-refractivity contribution in [2.24, 2.45) is 5.92 Å². The van der Waals surface area contributed by atoms with Crippen LogP contribution in [-0.2, 0) is 0 Å². The zero-order valence-electron chi connectivity index (χ0n) is 8.48. The molecule has 1 atom stereocenters. The van der Waals surface area contributed by atoms with Gasteiger partial charge in [-0.05, 0) is 30.9 Å². The summed E-state index contributed by atoms with van der Waals surface area (Å²) in [5.41, 5.74) is -0.122. The lowest BCUT2D eigenvalue weighted by atomic mass is 10.2. The number of pyridine rings is 1. The van der Waals surface area contributed by atoms with Crippen molar-refractivity contribution in [1.29, 1.82) is 5.26 Å². The van der Waals surface area contributed by atoms with Crippen molar-refractivity contribution in [2.75, 3.05) is 0 Å². The molecule has 0 saturated heterocycles. The number of carbonyl (C=O) groups is 1. The van der Waals surface area contributed by atoms with Crippen LogP contribution in [0, 0.1) is 23.2 Å². The van der Waals surface area contributed by atoms with Gasteiger partial charge in [0.25, 0.3) is 5.91 Å². The SMILES string of the molecule is N#CC(NC(=O)c1cccnc1F)C1CC1. The Labute approximate surface area is 92.1 Å². The molecule has 0 aromatic carbocycles. The third-order valence-corrected chi connectivity index (χ3v) is 2.52. The highest BCUT2D eigenvalue weighted by molar-refractivity contribution is 5.94. The van der Waals surface area contributed by atoms with Crippen molar-refractivity contribution in [1.82, 2.24) is 10.3 Å². The van der Waals surface area contributed by atoms with Crippen molar-refractivity contribution in [3.63, 3.8) is 0 Å². The van der Waals surface area contributed by atoms with Gasteiger partial charge in [0, 0.05) is 6.20 Å². The maximum absolute atomic E-state index is 13.2. The maximum Gasteiger partial charge on any atom is 0.256 e. The molecule has 0 aliphatic heterocycles. The first kappa shape index (κ1) is 10.6. The fourth-order valence-corrected chi connectivity index (χ4v) is 1.46. The lowest BCUT2D eigenvalue weighted by Crippen LogP contribution is -2.35. The maximum atomic E-state index is 13.2. The molecule has 1 aromatic heterocycles. The Kier molecular flexibility index (Phi) is 2.82. The van der Waals surface area contributed by atoms with Crippen LogP contribution in [0.3, 0.4) is 0 Å². The van der Waals surface area contributed by atoms with E-state index in [9.17, 15) is 9.18 Å². The van der Waals surface area contributed by atoms with Crippen molar-refractivity contribution < 1.29 is 9.18 Å². The molecular weight excluding hydrogens is 209 g/mol. The van der Waals surface area contributed by atoms with E-state index in [0.717, 1.165) is 12.8 Å². The molecule has 0 spiro atoms. The quantitative estimate of drug-likeness (QED) is 0.778. The van der Waals surface area contributed by atoms with Crippen LogP contribution in [0.25, 0.3) is 0 Å². The molecule has 1 N–H and O–H groups in total. The number of aromatic nitrogens is 1. The van der Waals surface area contributed by atoms with Gasteiger partial charge >= 0.3 is 0 Å². The third-order valence-electron chi connectivity index (χ3n) is 2.52. The first-order valence-corrected chi connectivity index (χ1v) is 5.03. The van der Waals surface area contributed by atoms with Gasteiger partial charge in [0.2, 0.25) is 5.95 Å². The summed E-state index contributed by atoms with van der Waals surface area (Å²) in [6.45, 7) is 0. The second-order valence-electron chi connectivity index (χ2n) is 3.76. The molecule has 0 radical (unpaired) electrons. The van der Waals surface area contributed by atoms with Crippen LogP contribution in [0.15, 0.2) is 18.3 Å². The van der Waals surface area contributed by atoms with Crippen molar-refractivity contribution in [3.05, 3.63) is 29.8 Å². The molecule has 2 rings (SSSR count). The molecule has 82 valence electrons. The van der Waals surface area contributed by atoms with Gasteiger partial charge in [-0.15, -0.1) is 0 Å². The fourth-order valence-electron chi connectivity index (χ4n) is 1.46. The monoisotopic (exact) mass is 219 g/mol. The Hall–Kier alpha value is -1.96. The summed E-state index contributed by atoms with van der Waals surface area (Å²) in [5.74, 6) is -1.18. The Morgan fingerprint density at radius 1 is 1.69 bits per heavy atom. The van der Waals surface area contributed by atoms with Crippen LogP contribution in [0.2, 0.25) is 0 Å². The summed E-state index contributed by atoms with van der Waals surface area (Å²) in [6, 6.07) is 4.32. The van der Waals surface area contributed by atoms with E-state index in [1.165, 1.54) is 18.3 Å². The zero-order chi connectivity index (χ0) is 11.5. The van der Waals surface area contributed by atoms with Crippen LogP contribution in [0.4, 0.5) is 4.39 Å². The third kappa shape index (κ3) is 2.16. The summed E-state index contributed by atoms with van der Waals surface area (Å²) in [7, 11) is 0. The fraction of sp³-hybridized carbons (Fsp3) is 0.364. The number of nitrogens with zero attached hydrogens (tertiary/aromatic N) is 2. The molecule has 1 aliphatic carbocycles. The molecule has 1 amide bonds. The number of halogens is 1. The van der Waals surface area contributed by atoms with E-state index in [1.807, 2.05) is 6.07 Å². The zero-order valence-corrected chi connectivity index (χ0v) is 8.48. The number of rotatable bonds is 3. The normalized spacial score (nSPS) is 16.2. The molecule has 1 aromatic rings. The molecule has 5 heteroatoms. The summed E-state index contributed by atoms with van der Waals surface area (Å²) in [4.78, 5) is 15.0. The summed E-state index contributed by atoms with van der Waals surface area (Å²) < 4.78 is 13.2. The lowest BCUT2D eigenvalue weighted by Gasteiger charge is -2.10. The largest absolute Gasteiger partial charge is 0.336 e. The van der Waals surface area contributed by atoms with E-state index in [0.29, 0.717) is 0 Å². The van der Waals surface area contributed by atoms with Gasteiger partial charge in [-0.25, -0.2) is 4.98 Å². The summed E-state index contributed by atoms with van der Waals surface area (Å²) in [6.07, 6.45) is 3.15. The van der Waals surface area contributed by atoms with Gasteiger partial charge in [0.1, 0.15) is 6.04 Å². The number of carbonyl (C=O) groups excluding carboxylic acids is 1. The number of nitrogens with one attached hydrogen (secondary N) is 1. The van der Waals surface area contributed by atoms with Gasteiger partial charge in [-0.2, -0.15) is 9.65 Å². The Morgan fingerprint density at radius 2 is 2.44 bits per heavy atom. The van der Waals surface area contributed by atoms with Crippen LogP contribution < -0.4 is 5.32 Å². The molecule has 16 heavy (non-hydrogen) atoms. The highest BCUT2D eigenvalue weighted by Crippen LogP contribution is 2.32. The number of hydrogen-bond donors (Lipinski definition) is 1. The predicted molar refractivity (Wildman–Crippen MR) is 53.8 cm³/mol. The van der Waals surface area contributed by atoms with E-state index < -0.39 is 17.9 Å². The van der Waals surface area contributed by atoms with Gasteiger partial charge in [0.05, 0.1) is 11.6 Å². The van der Waals surface area contributed by atoms with Crippen LogP contribution in [0.1, 0.15) is 23.2 Å². The van der Waals surface area contributed by atoms with Crippen molar-refractivity contribution in [2.45, 2.75) is 18.9 Å². The van der Waals surface area contributed by atoms with Gasteiger partial charge in [0.15, 0.2) is 0 Å². The van der Waals surface area contributed by atoms with Gasteiger partial charge in [-0.3, -0.25) is 4.79 Å². The Balaban J connectivity index is 2.08. The van der Waals surface area contributed by atoms with E-state index in [4.69, 9.17) is 5.26 Å². The van der Waals surface area contributed by atoms with E-state index >= 15 is 0 Å². The van der Waals surface area contributed by atoms with Crippen molar-refractivity contribution >= 4 is 5.91 Å². The highest BCUT2D eigenvalue weighted by atomic mass is 19.1. The highest BCUT2D eigenvalue weighted by Gasteiger charge is 2.32. The van der Waals surface area contributed by atoms with Gasteiger partial charge in [-0.1, -0.05) is 0 Å². The molecule has 4 nitrogen and oxygen atoms in total. The minimum atomic E-state index is -0.813. The van der Waals surface area contributed by atoms with Crippen LogP contribution >= 0.6 is 0 Å². The number of amides is 1. The Morgan fingerprint density at radius 3 is 3.00 bits per heavy atom. The number of hydrogen-bond acceptors (Lipinski definition) is 3. The second kappa shape index (κ2) is 4.27. The molecule has 1 heterocycles. The smallest absolute Gasteiger partial charge is 0.256 e. The van der Waals surface area contributed by atoms with E-state index in [2.05, 4.69) is 10.3 Å². The molecule has 1 saturated carbocycles. The molecular formula is C11H10FN3O. The van der Waals surface area contributed by atoms with Crippen LogP contribution in [-0.4, -0.2) is 16.9 Å². The standard InChI is InChI=1S/C11H10FN3O/c12-10-8(2-1-5-14-10)11(16)15-9(6-13)7-3-4-7/h1-2,5,7,9H,3-4H2,(H,15,16). The minimum Gasteiger partial charge on any atom is -0.336 e. The Bertz CT molecular complexity index is 451. The second-order valence-corrected chi connectivity index (χ2v) is 3.76. The van der Waals surface area contributed by atoms with Crippen molar-refractivity contribution in [3.8, 4) is 6.07 Å². The van der Waals surface area contributed by atoms with E-state index in [-0.39, 0.29) is 11.5 Å². The molecule has 1 aliphatic rings. The first-order valence-electron chi connectivity index (χ1n) is 5.03. The van der Waals surface area contributed by atoms with Crippen LogP contribution in [0.5, 0.6) is 0 Å². The predicted octanol–water partition coefficient (Wildman–Crippen LogP) is 1.25. The molecule has 0 bridgehead atoms. The average Bonchev–Trinajstić information content (AvgIpc) is 3.10. The summed E-state index contributed by atoms with van der Waals surface area (Å²) >= 11 is 0. The molecule has 1 unspecified atom stereocenters. The van der Waals surface area contributed by atoms with E-state index in [1.54, 1.807) is 0 Å². The molecule has 1 fully saturated rings. The summed E-state index contributed by atoms with van der Waals surface area (Å²) in [5, 5.41) is 11.3. The number of nitriles is 1. The lowest BCUT2D eigenvalue weighted by molar-refractivity contribution is 0.0937. The minimum absolute atomic E-state index is 0.122. The first-order chi connectivity index (χ1) is 7.72. The topological polar surface area (TPSA) is 65.8 Å². The average molecular weight is 219 g/mol.